The second kappa shape index (κ2) is 6.30. The SMILES string of the molecule is COCc1cc(C(O)c2ccc(N3CC4CC4C3)nc2C)c(Cl)s1. The number of rotatable bonds is 5. The molecule has 3 atom stereocenters. The zero-order valence-electron chi connectivity index (χ0n) is 13.8. The number of pyridine rings is 1. The largest absolute Gasteiger partial charge is 0.384 e. The van der Waals surface area contributed by atoms with Crippen LogP contribution in [0.4, 0.5) is 5.82 Å². The zero-order chi connectivity index (χ0) is 16.8. The Morgan fingerprint density at radius 3 is 2.79 bits per heavy atom. The third kappa shape index (κ3) is 2.94. The fourth-order valence-corrected chi connectivity index (χ4v) is 4.95. The molecule has 6 heteroatoms. The number of halogens is 1. The molecule has 1 saturated carbocycles. The van der Waals surface area contributed by atoms with Crippen molar-refractivity contribution in [2.45, 2.75) is 26.1 Å². The number of aromatic nitrogens is 1. The lowest BCUT2D eigenvalue weighted by Crippen LogP contribution is -2.23. The first-order valence-electron chi connectivity index (χ1n) is 8.24. The number of fused-ring (bicyclic) bond motifs is 1. The number of aryl methyl sites for hydroxylation is 1. The molecule has 0 aromatic carbocycles. The molecule has 2 aromatic rings. The van der Waals surface area contributed by atoms with Crippen molar-refractivity contribution in [3.8, 4) is 0 Å². The van der Waals surface area contributed by atoms with E-state index in [4.69, 9.17) is 21.3 Å². The normalized spacial score (nSPS) is 23.4. The van der Waals surface area contributed by atoms with Crippen LogP contribution in [-0.4, -0.2) is 30.3 Å². The first kappa shape index (κ1) is 16.3. The van der Waals surface area contributed by atoms with Crippen LogP contribution in [0, 0.1) is 18.8 Å². The highest BCUT2D eigenvalue weighted by Crippen LogP contribution is 2.46. The van der Waals surface area contributed by atoms with Crippen LogP contribution in [0.5, 0.6) is 0 Å². The molecule has 128 valence electrons. The van der Waals surface area contributed by atoms with E-state index in [0.29, 0.717) is 10.9 Å². The van der Waals surface area contributed by atoms with Gasteiger partial charge in [-0.25, -0.2) is 4.98 Å². The molecular weight excluding hydrogens is 344 g/mol. The molecule has 2 fully saturated rings. The van der Waals surface area contributed by atoms with E-state index in [9.17, 15) is 5.11 Å². The summed E-state index contributed by atoms with van der Waals surface area (Å²) in [7, 11) is 1.65. The van der Waals surface area contributed by atoms with Gasteiger partial charge in [0, 0.05) is 41.9 Å². The molecule has 4 nitrogen and oxygen atoms in total. The van der Waals surface area contributed by atoms with Crippen molar-refractivity contribution in [3.63, 3.8) is 0 Å². The van der Waals surface area contributed by atoms with Gasteiger partial charge in [0.05, 0.1) is 10.9 Å². The van der Waals surface area contributed by atoms with Crippen molar-refractivity contribution < 1.29 is 9.84 Å². The number of hydrogen-bond donors (Lipinski definition) is 1. The van der Waals surface area contributed by atoms with Crippen LogP contribution in [0.1, 0.15) is 34.2 Å². The quantitative estimate of drug-likeness (QED) is 0.876. The Morgan fingerprint density at radius 1 is 1.38 bits per heavy atom. The summed E-state index contributed by atoms with van der Waals surface area (Å²) in [4.78, 5) is 8.10. The van der Waals surface area contributed by atoms with Gasteiger partial charge in [-0.15, -0.1) is 11.3 Å². The maximum atomic E-state index is 10.8. The van der Waals surface area contributed by atoms with Crippen molar-refractivity contribution in [1.29, 1.82) is 0 Å². The van der Waals surface area contributed by atoms with E-state index < -0.39 is 6.10 Å². The molecule has 2 aliphatic rings. The van der Waals surface area contributed by atoms with Gasteiger partial charge in [0.25, 0.3) is 0 Å². The summed E-state index contributed by atoms with van der Waals surface area (Å²) >= 11 is 7.76. The summed E-state index contributed by atoms with van der Waals surface area (Å²) in [5, 5.41) is 10.8. The second-order valence-electron chi connectivity index (χ2n) is 6.78. The number of ether oxygens (including phenoxy) is 1. The molecule has 0 spiro atoms. The van der Waals surface area contributed by atoms with Crippen LogP contribution < -0.4 is 4.90 Å². The van der Waals surface area contributed by atoms with E-state index in [1.165, 1.54) is 17.8 Å². The average Bonchev–Trinajstić information content (AvgIpc) is 2.99. The Kier molecular flexibility index (Phi) is 4.29. The fourth-order valence-electron chi connectivity index (χ4n) is 3.61. The summed E-state index contributed by atoms with van der Waals surface area (Å²) in [6.07, 6.45) is 0.625. The van der Waals surface area contributed by atoms with Gasteiger partial charge in [-0.2, -0.15) is 0 Å². The lowest BCUT2D eigenvalue weighted by atomic mass is 10.0. The first-order chi connectivity index (χ1) is 11.6. The van der Waals surface area contributed by atoms with Crippen molar-refractivity contribution in [2.24, 2.45) is 11.8 Å². The van der Waals surface area contributed by atoms with E-state index in [-0.39, 0.29) is 0 Å². The number of thiophene rings is 1. The molecule has 24 heavy (non-hydrogen) atoms. The monoisotopic (exact) mass is 364 g/mol. The molecule has 0 radical (unpaired) electrons. The highest BCUT2D eigenvalue weighted by molar-refractivity contribution is 7.16. The molecule has 0 amide bonds. The van der Waals surface area contributed by atoms with E-state index in [0.717, 1.165) is 52.4 Å². The average molecular weight is 365 g/mol. The standard InChI is InChI=1S/C18H21ClN2O2S/c1-10-14(17(22)15-6-13(9-23-2)24-18(15)19)3-4-16(20-10)21-7-11-5-12(11)8-21/h3-4,6,11-12,17,22H,5,7-9H2,1-2H3. The third-order valence-electron chi connectivity index (χ3n) is 5.05. The number of aliphatic hydroxyl groups excluding tert-OH is 1. The number of anilines is 1. The number of hydrogen-bond acceptors (Lipinski definition) is 5. The minimum atomic E-state index is -0.757. The van der Waals surface area contributed by atoms with Gasteiger partial charge < -0.3 is 14.7 Å². The van der Waals surface area contributed by atoms with Crippen LogP contribution in [-0.2, 0) is 11.3 Å². The highest BCUT2D eigenvalue weighted by Gasteiger charge is 2.45. The molecular formula is C18H21ClN2O2S. The lowest BCUT2D eigenvalue weighted by Gasteiger charge is -2.21. The van der Waals surface area contributed by atoms with Crippen LogP contribution in [0.25, 0.3) is 0 Å². The third-order valence-corrected chi connectivity index (χ3v) is 6.42. The molecule has 1 saturated heterocycles. The maximum Gasteiger partial charge on any atom is 0.128 e. The van der Waals surface area contributed by atoms with Gasteiger partial charge in [0.15, 0.2) is 0 Å². The Balaban J connectivity index is 1.56. The van der Waals surface area contributed by atoms with Crippen molar-refractivity contribution in [1.82, 2.24) is 4.98 Å². The Bertz CT molecular complexity index is 753. The van der Waals surface area contributed by atoms with Gasteiger partial charge in [0.1, 0.15) is 11.9 Å². The van der Waals surface area contributed by atoms with E-state index in [2.05, 4.69) is 4.90 Å². The lowest BCUT2D eigenvalue weighted by molar-refractivity contribution is 0.187. The maximum absolute atomic E-state index is 10.8. The minimum Gasteiger partial charge on any atom is -0.384 e. The molecule has 4 rings (SSSR count). The molecule has 0 bridgehead atoms. The summed E-state index contributed by atoms with van der Waals surface area (Å²) in [5.41, 5.74) is 2.40. The molecule has 1 N–H and O–H groups in total. The Morgan fingerprint density at radius 2 is 2.12 bits per heavy atom. The molecule has 2 aromatic heterocycles. The van der Waals surface area contributed by atoms with Gasteiger partial charge in [0.2, 0.25) is 0 Å². The van der Waals surface area contributed by atoms with Crippen molar-refractivity contribution in [2.75, 3.05) is 25.1 Å². The number of piperidine rings is 1. The minimum absolute atomic E-state index is 0.505. The first-order valence-corrected chi connectivity index (χ1v) is 9.44. The highest BCUT2D eigenvalue weighted by atomic mass is 35.5. The van der Waals surface area contributed by atoms with Gasteiger partial charge in [-0.1, -0.05) is 17.7 Å². The number of aliphatic hydroxyl groups is 1. The fraction of sp³-hybridized carbons (Fsp3) is 0.500. The van der Waals surface area contributed by atoms with Crippen LogP contribution in [0.3, 0.4) is 0 Å². The van der Waals surface area contributed by atoms with E-state index in [1.807, 2.05) is 25.1 Å². The number of methoxy groups -OCH3 is 1. The number of nitrogens with zero attached hydrogens (tertiary/aromatic N) is 2. The van der Waals surface area contributed by atoms with Gasteiger partial charge in [-0.05, 0) is 37.3 Å². The smallest absolute Gasteiger partial charge is 0.128 e. The second-order valence-corrected chi connectivity index (χ2v) is 8.52. The predicted molar refractivity (Wildman–Crippen MR) is 96.9 cm³/mol. The molecule has 1 aliphatic heterocycles. The van der Waals surface area contributed by atoms with E-state index >= 15 is 0 Å². The Labute approximate surface area is 151 Å². The molecule has 3 unspecified atom stereocenters. The van der Waals surface area contributed by atoms with Crippen LogP contribution in [0.2, 0.25) is 4.34 Å². The van der Waals surface area contributed by atoms with Gasteiger partial charge >= 0.3 is 0 Å². The summed E-state index contributed by atoms with van der Waals surface area (Å²) in [6.45, 7) is 4.70. The predicted octanol–water partition coefficient (Wildman–Crippen LogP) is 3.79. The van der Waals surface area contributed by atoms with Crippen molar-refractivity contribution >= 4 is 28.8 Å². The van der Waals surface area contributed by atoms with Crippen molar-refractivity contribution in [3.05, 3.63) is 44.2 Å². The summed E-state index contributed by atoms with van der Waals surface area (Å²) in [5.74, 6) is 2.77. The zero-order valence-corrected chi connectivity index (χ0v) is 15.4. The van der Waals surface area contributed by atoms with Crippen LogP contribution in [0.15, 0.2) is 18.2 Å². The topological polar surface area (TPSA) is 45.6 Å². The van der Waals surface area contributed by atoms with Gasteiger partial charge in [-0.3, -0.25) is 0 Å². The molecule has 1 aliphatic carbocycles. The van der Waals surface area contributed by atoms with Crippen LogP contribution >= 0.6 is 22.9 Å². The summed E-state index contributed by atoms with van der Waals surface area (Å²) in [6, 6.07) is 5.92. The Hall–Kier alpha value is -1.14. The summed E-state index contributed by atoms with van der Waals surface area (Å²) < 4.78 is 5.75. The molecule has 3 heterocycles. The van der Waals surface area contributed by atoms with E-state index in [1.54, 1.807) is 7.11 Å².